The maximum absolute atomic E-state index is 12.7. The quantitative estimate of drug-likeness (QED) is 0.753. The van der Waals surface area contributed by atoms with Crippen molar-refractivity contribution < 1.29 is 9.53 Å². The lowest BCUT2D eigenvalue weighted by Gasteiger charge is -2.59. The molecular formula is C21H28BrNO2. The van der Waals surface area contributed by atoms with Gasteiger partial charge in [0.15, 0.2) is 6.10 Å². The van der Waals surface area contributed by atoms with Crippen molar-refractivity contribution in [3.05, 3.63) is 28.7 Å². The standard InChI is InChI=1S/C21H28BrNO2/c1-13(25-19-5-3-18(22)4-6-19)20(24)23-14(2)21-10-15-7-16(11-21)9-17(8-15)12-21/h3-6,13-17H,7-12H2,1-2H3,(H,23,24)/t13-,14+,15?,16?,17?,21?/m0/s1. The smallest absolute Gasteiger partial charge is 0.261 e. The fourth-order valence-electron chi connectivity index (χ4n) is 5.96. The van der Waals surface area contributed by atoms with Crippen LogP contribution in [0.1, 0.15) is 52.4 Å². The van der Waals surface area contributed by atoms with E-state index in [1.807, 2.05) is 31.2 Å². The van der Waals surface area contributed by atoms with Crippen molar-refractivity contribution in [2.75, 3.05) is 0 Å². The molecule has 136 valence electrons. The van der Waals surface area contributed by atoms with Crippen molar-refractivity contribution >= 4 is 21.8 Å². The Morgan fingerprint density at radius 3 is 2.12 bits per heavy atom. The molecule has 0 aromatic heterocycles. The Labute approximate surface area is 159 Å². The summed E-state index contributed by atoms with van der Waals surface area (Å²) in [6.45, 7) is 4.06. The Morgan fingerprint density at radius 1 is 1.08 bits per heavy atom. The minimum atomic E-state index is -0.475. The SMILES string of the molecule is C[C@H](Oc1ccc(Br)cc1)C(=O)N[C@H](C)C12CC3CC(CC(C3)C1)C2. The molecule has 5 rings (SSSR count). The summed E-state index contributed by atoms with van der Waals surface area (Å²) < 4.78 is 6.82. The first kappa shape index (κ1) is 17.4. The topological polar surface area (TPSA) is 38.3 Å². The summed E-state index contributed by atoms with van der Waals surface area (Å²) in [6, 6.07) is 7.87. The highest BCUT2D eigenvalue weighted by Gasteiger charge is 2.53. The summed E-state index contributed by atoms with van der Waals surface area (Å²) >= 11 is 3.42. The first-order valence-electron chi connectivity index (χ1n) is 9.66. The Kier molecular flexibility index (Phi) is 4.59. The molecule has 4 saturated carbocycles. The van der Waals surface area contributed by atoms with E-state index in [-0.39, 0.29) is 11.9 Å². The average Bonchev–Trinajstić information content (AvgIpc) is 2.55. The van der Waals surface area contributed by atoms with E-state index in [2.05, 4.69) is 28.2 Å². The van der Waals surface area contributed by atoms with Crippen LogP contribution in [0.2, 0.25) is 0 Å². The molecule has 3 nitrogen and oxygen atoms in total. The zero-order valence-corrected chi connectivity index (χ0v) is 16.7. The third-order valence-electron chi connectivity index (χ3n) is 6.86. The molecule has 1 N–H and O–H groups in total. The molecule has 4 bridgehead atoms. The zero-order chi connectivity index (χ0) is 17.6. The van der Waals surface area contributed by atoms with Crippen molar-refractivity contribution in [2.45, 2.75) is 64.5 Å². The lowest BCUT2D eigenvalue weighted by Crippen LogP contribution is -2.57. The highest BCUT2D eigenvalue weighted by atomic mass is 79.9. The van der Waals surface area contributed by atoms with E-state index in [4.69, 9.17) is 4.74 Å². The highest BCUT2D eigenvalue weighted by molar-refractivity contribution is 9.10. The monoisotopic (exact) mass is 405 g/mol. The molecule has 4 heteroatoms. The largest absolute Gasteiger partial charge is 0.481 e. The summed E-state index contributed by atoms with van der Waals surface area (Å²) in [7, 11) is 0. The van der Waals surface area contributed by atoms with Gasteiger partial charge < -0.3 is 10.1 Å². The molecule has 2 atom stereocenters. The molecule has 4 aliphatic carbocycles. The van der Waals surface area contributed by atoms with Gasteiger partial charge in [-0.3, -0.25) is 4.79 Å². The van der Waals surface area contributed by atoms with Gasteiger partial charge in [0.1, 0.15) is 5.75 Å². The Balaban J connectivity index is 1.38. The first-order valence-corrected chi connectivity index (χ1v) is 10.5. The molecule has 25 heavy (non-hydrogen) atoms. The van der Waals surface area contributed by atoms with Gasteiger partial charge in [0.05, 0.1) is 0 Å². The molecule has 0 spiro atoms. The number of amides is 1. The van der Waals surface area contributed by atoms with Gasteiger partial charge >= 0.3 is 0 Å². The van der Waals surface area contributed by atoms with Gasteiger partial charge in [0.2, 0.25) is 0 Å². The van der Waals surface area contributed by atoms with Crippen LogP contribution >= 0.6 is 15.9 Å². The average molecular weight is 406 g/mol. The molecule has 0 saturated heterocycles. The number of ether oxygens (including phenoxy) is 1. The number of benzene rings is 1. The number of hydrogen-bond acceptors (Lipinski definition) is 2. The van der Waals surface area contributed by atoms with E-state index < -0.39 is 6.10 Å². The van der Waals surface area contributed by atoms with Gasteiger partial charge in [0, 0.05) is 10.5 Å². The number of carbonyl (C=O) groups is 1. The minimum absolute atomic E-state index is 0.00571. The molecule has 0 unspecified atom stereocenters. The lowest BCUT2D eigenvalue weighted by molar-refractivity contribution is -0.131. The van der Waals surface area contributed by atoms with Crippen LogP contribution in [0.5, 0.6) is 5.75 Å². The van der Waals surface area contributed by atoms with E-state index in [0.29, 0.717) is 5.41 Å². The predicted octanol–water partition coefficient (Wildman–Crippen LogP) is 4.94. The van der Waals surface area contributed by atoms with Gasteiger partial charge in [-0.15, -0.1) is 0 Å². The van der Waals surface area contributed by atoms with Crippen molar-refractivity contribution in [2.24, 2.45) is 23.2 Å². The molecule has 1 aromatic rings. The lowest BCUT2D eigenvalue weighted by atomic mass is 9.48. The maximum Gasteiger partial charge on any atom is 0.261 e. The van der Waals surface area contributed by atoms with Gasteiger partial charge in [-0.1, -0.05) is 15.9 Å². The summed E-state index contributed by atoms with van der Waals surface area (Å²) in [5.74, 6) is 3.45. The van der Waals surface area contributed by atoms with E-state index in [9.17, 15) is 4.79 Å². The molecule has 4 aliphatic rings. The van der Waals surface area contributed by atoms with E-state index in [1.165, 1.54) is 38.5 Å². The van der Waals surface area contributed by atoms with Crippen LogP contribution in [0.15, 0.2) is 28.7 Å². The summed E-state index contributed by atoms with van der Waals surface area (Å²) in [4.78, 5) is 12.7. The molecule has 0 radical (unpaired) electrons. The highest BCUT2D eigenvalue weighted by Crippen LogP contribution is 2.61. The summed E-state index contributed by atoms with van der Waals surface area (Å²) in [6.07, 6.45) is 7.75. The Morgan fingerprint density at radius 2 is 1.60 bits per heavy atom. The molecule has 1 aromatic carbocycles. The van der Waals surface area contributed by atoms with Crippen LogP contribution in [-0.2, 0) is 4.79 Å². The maximum atomic E-state index is 12.7. The van der Waals surface area contributed by atoms with Crippen LogP contribution in [0.4, 0.5) is 0 Å². The molecule has 0 heterocycles. The van der Waals surface area contributed by atoms with Crippen molar-refractivity contribution in [3.63, 3.8) is 0 Å². The third kappa shape index (κ3) is 3.47. The van der Waals surface area contributed by atoms with Crippen molar-refractivity contribution in [1.29, 1.82) is 0 Å². The van der Waals surface area contributed by atoms with E-state index in [0.717, 1.165) is 28.0 Å². The van der Waals surface area contributed by atoms with Crippen molar-refractivity contribution in [1.82, 2.24) is 5.32 Å². The second kappa shape index (κ2) is 6.61. The number of rotatable bonds is 5. The Hall–Kier alpha value is -1.03. The van der Waals surface area contributed by atoms with Crippen LogP contribution < -0.4 is 10.1 Å². The molecule has 0 aliphatic heterocycles. The van der Waals surface area contributed by atoms with Gasteiger partial charge in [-0.05, 0) is 99.8 Å². The predicted molar refractivity (Wildman–Crippen MR) is 102 cm³/mol. The van der Waals surface area contributed by atoms with Crippen molar-refractivity contribution in [3.8, 4) is 5.75 Å². The van der Waals surface area contributed by atoms with E-state index in [1.54, 1.807) is 0 Å². The second-order valence-corrected chi connectivity index (χ2v) is 9.64. The first-order chi connectivity index (χ1) is 11.9. The third-order valence-corrected chi connectivity index (χ3v) is 7.39. The number of nitrogens with one attached hydrogen (secondary N) is 1. The number of carbonyl (C=O) groups excluding carboxylic acids is 1. The number of halogens is 1. The van der Waals surface area contributed by atoms with Gasteiger partial charge in [0.25, 0.3) is 5.91 Å². The number of hydrogen-bond donors (Lipinski definition) is 1. The van der Waals surface area contributed by atoms with Crippen LogP contribution in [0, 0.1) is 23.2 Å². The van der Waals surface area contributed by atoms with Gasteiger partial charge in [-0.2, -0.15) is 0 Å². The molecule has 1 amide bonds. The fourth-order valence-corrected chi connectivity index (χ4v) is 6.23. The van der Waals surface area contributed by atoms with Crippen LogP contribution in [0.25, 0.3) is 0 Å². The van der Waals surface area contributed by atoms with Crippen LogP contribution in [-0.4, -0.2) is 18.1 Å². The fraction of sp³-hybridized carbons (Fsp3) is 0.667. The Bertz CT molecular complexity index is 607. The second-order valence-electron chi connectivity index (χ2n) is 8.72. The molecular weight excluding hydrogens is 378 g/mol. The van der Waals surface area contributed by atoms with Gasteiger partial charge in [-0.25, -0.2) is 0 Å². The molecule has 4 fully saturated rings. The minimum Gasteiger partial charge on any atom is -0.481 e. The summed E-state index contributed by atoms with van der Waals surface area (Å²) in [5, 5.41) is 3.30. The summed E-state index contributed by atoms with van der Waals surface area (Å²) in [5.41, 5.74) is 0.335. The van der Waals surface area contributed by atoms with E-state index >= 15 is 0 Å². The zero-order valence-electron chi connectivity index (χ0n) is 15.1. The normalized spacial score (nSPS) is 35.2. The van der Waals surface area contributed by atoms with Crippen LogP contribution in [0.3, 0.4) is 0 Å².